The molecule has 3 fully saturated rings. The molecule has 80 valence electrons. The van der Waals surface area contributed by atoms with Crippen LogP contribution in [0.5, 0.6) is 0 Å². The van der Waals surface area contributed by atoms with Crippen LogP contribution in [0.3, 0.4) is 0 Å². The van der Waals surface area contributed by atoms with Crippen molar-refractivity contribution in [3.05, 3.63) is 0 Å². The summed E-state index contributed by atoms with van der Waals surface area (Å²) in [5.41, 5.74) is 0.802. The van der Waals surface area contributed by atoms with Gasteiger partial charge in [-0.15, -0.1) is 0 Å². The van der Waals surface area contributed by atoms with Gasteiger partial charge in [-0.1, -0.05) is 0 Å². The van der Waals surface area contributed by atoms with Crippen molar-refractivity contribution in [3.8, 4) is 0 Å². The first-order valence-corrected chi connectivity index (χ1v) is 6.32. The van der Waals surface area contributed by atoms with E-state index in [1.165, 1.54) is 64.7 Å². The van der Waals surface area contributed by atoms with Crippen LogP contribution in [-0.4, -0.2) is 37.1 Å². The summed E-state index contributed by atoms with van der Waals surface area (Å²) in [6.07, 6.45) is 8.80. The van der Waals surface area contributed by atoms with E-state index in [4.69, 9.17) is 0 Å². The molecule has 1 atom stereocenters. The fraction of sp³-hybridized carbons (Fsp3) is 1.00. The minimum absolute atomic E-state index is 0.802. The maximum absolute atomic E-state index is 3.61. The highest BCUT2D eigenvalue weighted by atomic mass is 15.2. The molecular formula is C12H22N2. The van der Waals surface area contributed by atoms with Gasteiger partial charge in [0.25, 0.3) is 0 Å². The summed E-state index contributed by atoms with van der Waals surface area (Å²) in [5.74, 6) is 0. The van der Waals surface area contributed by atoms with E-state index in [-0.39, 0.29) is 0 Å². The van der Waals surface area contributed by atoms with Crippen molar-refractivity contribution in [1.82, 2.24) is 10.2 Å². The average molecular weight is 194 g/mol. The highest BCUT2D eigenvalue weighted by Gasteiger charge is 2.45. The molecule has 1 aliphatic carbocycles. The van der Waals surface area contributed by atoms with Crippen molar-refractivity contribution in [2.45, 2.75) is 44.6 Å². The van der Waals surface area contributed by atoms with Gasteiger partial charge in [-0.3, -0.25) is 0 Å². The molecule has 1 saturated carbocycles. The van der Waals surface area contributed by atoms with Crippen molar-refractivity contribution >= 4 is 0 Å². The minimum Gasteiger partial charge on any atom is -0.313 e. The number of nitrogens with zero attached hydrogens (tertiary/aromatic N) is 1. The molecule has 2 saturated heterocycles. The van der Waals surface area contributed by atoms with Crippen LogP contribution < -0.4 is 5.32 Å². The van der Waals surface area contributed by atoms with Gasteiger partial charge in [0.2, 0.25) is 0 Å². The van der Waals surface area contributed by atoms with Crippen LogP contribution >= 0.6 is 0 Å². The van der Waals surface area contributed by atoms with E-state index < -0.39 is 0 Å². The van der Waals surface area contributed by atoms with E-state index in [9.17, 15) is 0 Å². The molecule has 2 nitrogen and oxygen atoms in total. The summed E-state index contributed by atoms with van der Waals surface area (Å²) < 4.78 is 0. The third kappa shape index (κ3) is 1.82. The molecule has 0 amide bonds. The van der Waals surface area contributed by atoms with Gasteiger partial charge in [-0.2, -0.15) is 0 Å². The minimum atomic E-state index is 0.802. The average Bonchev–Trinajstić information content (AvgIpc) is 2.75. The molecular weight excluding hydrogens is 172 g/mol. The van der Waals surface area contributed by atoms with Crippen LogP contribution in [0.1, 0.15) is 38.5 Å². The number of piperidine rings is 1. The zero-order valence-corrected chi connectivity index (χ0v) is 9.10. The van der Waals surface area contributed by atoms with Crippen LogP contribution in [0.2, 0.25) is 0 Å². The topological polar surface area (TPSA) is 15.3 Å². The van der Waals surface area contributed by atoms with Crippen molar-refractivity contribution in [2.75, 3.05) is 26.2 Å². The SMILES string of the molecule is C1CN[C@H](CN2CCCC3(CC3)C2)C1. The summed E-state index contributed by atoms with van der Waals surface area (Å²) in [5, 5.41) is 3.61. The number of nitrogens with one attached hydrogen (secondary N) is 1. The first-order chi connectivity index (χ1) is 6.86. The second-order valence-electron chi connectivity index (χ2n) is 5.63. The second-order valence-corrected chi connectivity index (χ2v) is 5.63. The van der Waals surface area contributed by atoms with E-state index in [0.29, 0.717) is 0 Å². The Balaban J connectivity index is 1.51. The Kier molecular flexibility index (Phi) is 2.29. The molecule has 3 rings (SSSR count). The third-order valence-electron chi connectivity index (χ3n) is 4.34. The lowest BCUT2D eigenvalue weighted by atomic mass is 9.95. The molecule has 0 aromatic heterocycles. The molecule has 14 heavy (non-hydrogen) atoms. The molecule has 2 heteroatoms. The molecule has 2 heterocycles. The molecule has 2 aliphatic heterocycles. The molecule has 3 aliphatic rings. The maximum atomic E-state index is 3.61. The van der Waals surface area contributed by atoms with Gasteiger partial charge in [0.15, 0.2) is 0 Å². The van der Waals surface area contributed by atoms with Crippen LogP contribution in [0.4, 0.5) is 0 Å². The van der Waals surface area contributed by atoms with Gasteiger partial charge in [0, 0.05) is 19.1 Å². The highest BCUT2D eigenvalue weighted by molar-refractivity contribution is 4.98. The van der Waals surface area contributed by atoms with E-state index in [1.54, 1.807) is 0 Å². The Labute approximate surface area is 87.0 Å². The van der Waals surface area contributed by atoms with Crippen molar-refractivity contribution in [3.63, 3.8) is 0 Å². The van der Waals surface area contributed by atoms with E-state index >= 15 is 0 Å². The normalized spacial score (nSPS) is 36.4. The monoisotopic (exact) mass is 194 g/mol. The number of hydrogen-bond donors (Lipinski definition) is 1. The molecule has 1 N–H and O–H groups in total. The van der Waals surface area contributed by atoms with Crippen LogP contribution in [0.15, 0.2) is 0 Å². The summed E-state index contributed by atoms with van der Waals surface area (Å²) in [6, 6.07) is 0.809. The fourth-order valence-corrected chi connectivity index (χ4v) is 3.28. The first-order valence-electron chi connectivity index (χ1n) is 6.32. The Bertz CT molecular complexity index is 204. The van der Waals surface area contributed by atoms with E-state index in [2.05, 4.69) is 10.2 Å². The van der Waals surface area contributed by atoms with Crippen LogP contribution in [-0.2, 0) is 0 Å². The summed E-state index contributed by atoms with van der Waals surface area (Å²) in [4.78, 5) is 2.72. The first kappa shape index (κ1) is 9.17. The Hall–Kier alpha value is -0.0800. The summed E-state index contributed by atoms with van der Waals surface area (Å²) >= 11 is 0. The Morgan fingerprint density at radius 3 is 2.86 bits per heavy atom. The van der Waals surface area contributed by atoms with Gasteiger partial charge in [-0.05, 0) is 57.0 Å². The standard InChI is InChI=1S/C12H22N2/c1-3-11(13-7-1)9-14-8-2-4-12(10-14)5-6-12/h11,13H,1-10H2/t11-/m0/s1. The van der Waals surface area contributed by atoms with Crippen molar-refractivity contribution < 1.29 is 0 Å². The van der Waals surface area contributed by atoms with E-state index in [1.807, 2.05) is 0 Å². The predicted octanol–water partition coefficient (Wildman–Crippen LogP) is 1.61. The lowest BCUT2D eigenvalue weighted by Gasteiger charge is -2.34. The second kappa shape index (κ2) is 3.49. The molecule has 1 spiro atoms. The Morgan fingerprint density at radius 1 is 1.21 bits per heavy atom. The largest absolute Gasteiger partial charge is 0.313 e. The van der Waals surface area contributed by atoms with Crippen LogP contribution in [0, 0.1) is 5.41 Å². The smallest absolute Gasteiger partial charge is 0.0195 e. The maximum Gasteiger partial charge on any atom is 0.0195 e. The predicted molar refractivity (Wildman–Crippen MR) is 58.4 cm³/mol. The van der Waals surface area contributed by atoms with Gasteiger partial charge in [-0.25, -0.2) is 0 Å². The van der Waals surface area contributed by atoms with Gasteiger partial charge >= 0.3 is 0 Å². The highest BCUT2D eigenvalue weighted by Crippen LogP contribution is 2.51. The van der Waals surface area contributed by atoms with Gasteiger partial charge < -0.3 is 10.2 Å². The molecule has 0 aromatic rings. The summed E-state index contributed by atoms with van der Waals surface area (Å²) in [7, 11) is 0. The van der Waals surface area contributed by atoms with Crippen molar-refractivity contribution in [2.24, 2.45) is 5.41 Å². The number of likely N-dealkylation sites (tertiary alicyclic amines) is 1. The quantitative estimate of drug-likeness (QED) is 0.718. The Morgan fingerprint density at radius 2 is 2.14 bits per heavy atom. The number of rotatable bonds is 2. The molecule has 0 unspecified atom stereocenters. The molecule has 0 aromatic carbocycles. The van der Waals surface area contributed by atoms with Gasteiger partial charge in [0.05, 0.1) is 0 Å². The third-order valence-corrected chi connectivity index (χ3v) is 4.34. The zero-order chi connectivity index (χ0) is 9.43. The fourth-order valence-electron chi connectivity index (χ4n) is 3.28. The molecule has 0 radical (unpaired) electrons. The van der Waals surface area contributed by atoms with Crippen molar-refractivity contribution in [1.29, 1.82) is 0 Å². The van der Waals surface area contributed by atoms with Crippen LogP contribution in [0.25, 0.3) is 0 Å². The summed E-state index contributed by atoms with van der Waals surface area (Å²) in [6.45, 7) is 5.34. The zero-order valence-electron chi connectivity index (χ0n) is 9.10. The van der Waals surface area contributed by atoms with E-state index in [0.717, 1.165) is 11.5 Å². The van der Waals surface area contributed by atoms with Gasteiger partial charge in [0.1, 0.15) is 0 Å². The lowest BCUT2D eigenvalue weighted by molar-refractivity contribution is 0.150. The lowest BCUT2D eigenvalue weighted by Crippen LogP contribution is -2.43. The molecule has 0 bridgehead atoms. The number of hydrogen-bond acceptors (Lipinski definition) is 2.